The minimum absolute atomic E-state index is 0.200. The Morgan fingerprint density at radius 3 is 2.08 bits per heavy atom. The monoisotopic (exact) mass is 160 g/mol. The average molecular weight is 160 g/mol. The average Bonchev–Trinajstić information content (AvgIpc) is 2.05. The van der Waals surface area contributed by atoms with Gasteiger partial charge in [-0.2, -0.15) is 0 Å². The molecule has 0 aromatic heterocycles. The molecule has 0 N–H and O–H groups in total. The highest BCUT2D eigenvalue weighted by Crippen LogP contribution is 1.93. The summed E-state index contributed by atoms with van der Waals surface area (Å²) < 4.78 is 5.64. The molecule has 0 unspecified atom stereocenters. The lowest BCUT2D eigenvalue weighted by atomic mass is 9.59. The topological polar surface area (TPSA) is 9.23 Å². The van der Waals surface area contributed by atoms with E-state index in [1.165, 1.54) is 5.46 Å². The molecule has 0 saturated heterocycles. The Labute approximate surface area is 75.4 Å². The SMILES string of the molecule is CB(C)OB(C)c1ccccc1. The van der Waals surface area contributed by atoms with Gasteiger partial charge in [-0.15, -0.1) is 0 Å². The Bertz CT molecular complexity index is 223. The molecule has 1 nitrogen and oxygen atoms in total. The van der Waals surface area contributed by atoms with Gasteiger partial charge in [0.25, 0.3) is 6.92 Å². The second-order valence-electron chi connectivity index (χ2n) is 3.24. The zero-order valence-electron chi connectivity index (χ0n) is 7.95. The molecule has 0 aliphatic carbocycles. The van der Waals surface area contributed by atoms with Crippen molar-refractivity contribution in [3.05, 3.63) is 30.3 Å². The van der Waals surface area contributed by atoms with E-state index in [1.807, 2.05) is 18.2 Å². The van der Waals surface area contributed by atoms with Crippen LogP contribution in [0.15, 0.2) is 30.3 Å². The van der Waals surface area contributed by atoms with E-state index in [-0.39, 0.29) is 6.92 Å². The van der Waals surface area contributed by atoms with Gasteiger partial charge in [0, 0.05) is 0 Å². The molecule has 0 aliphatic heterocycles. The van der Waals surface area contributed by atoms with Gasteiger partial charge in [-0.25, -0.2) is 0 Å². The van der Waals surface area contributed by atoms with Gasteiger partial charge in [0.05, 0.1) is 0 Å². The van der Waals surface area contributed by atoms with E-state index in [2.05, 4.69) is 32.6 Å². The molecule has 0 heterocycles. The van der Waals surface area contributed by atoms with Crippen LogP contribution >= 0.6 is 0 Å². The van der Waals surface area contributed by atoms with E-state index in [0.29, 0.717) is 6.92 Å². The Kier molecular flexibility index (Phi) is 3.42. The predicted octanol–water partition coefficient (Wildman–Crippen LogP) is 1.78. The fourth-order valence-corrected chi connectivity index (χ4v) is 1.21. The normalized spacial score (nSPS) is 9.58. The lowest BCUT2D eigenvalue weighted by Gasteiger charge is -2.11. The molecule has 1 rings (SSSR count). The molecule has 0 radical (unpaired) electrons. The molecular formula is C9H14B2O. The van der Waals surface area contributed by atoms with Crippen molar-refractivity contribution in [3.8, 4) is 0 Å². The van der Waals surface area contributed by atoms with E-state index >= 15 is 0 Å². The van der Waals surface area contributed by atoms with E-state index in [4.69, 9.17) is 4.57 Å². The molecule has 0 fully saturated rings. The van der Waals surface area contributed by atoms with Crippen molar-refractivity contribution in [1.29, 1.82) is 0 Å². The number of benzene rings is 1. The molecule has 1 aromatic carbocycles. The number of hydrogen-bond donors (Lipinski definition) is 0. The van der Waals surface area contributed by atoms with E-state index in [0.717, 1.165) is 0 Å². The van der Waals surface area contributed by atoms with Crippen LogP contribution in [0.5, 0.6) is 0 Å². The highest BCUT2D eigenvalue weighted by molar-refractivity contribution is 6.73. The summed E-state index contributed by atoms with van der Waals surface area (Å²) in [4.78, 5) is 0. The highest BCUT2D eigenvalue weighted by Gasteiger charge is 2.13. The van der Waals surface area contributed by atoms with Gasteiger partial charge < -0.3 is 4.57 Å². The summed E-state index contributed by atoms with van der Waals surface area (Å²) in [7, 11) is 0. The summed E-state index contributed by atoms with van der Waals surface area (Å²) in [6.07, 6.45) is 0. The summed E-state index contributed by atoms with van der Waals surface area (Å²) in [5, 5.41) is 0. The maximum Gasteiger partial charge on any atom is 0.307 e. The zero-order chi connectivity index (χ0) is 8.97. The lowest BCUT2D eigenvalue weighted by molar-refractivity contribution is 0.614. The molecule has 62 valence electrons. The van der Waals surface area contributed by atoms with Gasteiger partial charge >= 0.3 is 6.92 Å². The van der Waals surface area contributed by atoms with Gasteiger partial charge in [-0.3, -0.25) is 0 Å². The first kappa shape index (κ1) is 9.40. The quantitative estimate of drug-likeness (QED) is 0.612. The van der Waals surface area contributed by atoms with Crippen molar-refractivity contribution >= 4 is 19.3 Å². The summed E-state index contributed by atoms with van der Waals surface area (Å²) in [6, 6.07) is 10.3. The van der Waals surface area contributed by atoms with Gasteiger partial charge in [0.15, 0.2) is 0 Å². The minimum atomic E-state index is 0.200. The Balaban J connectivity index is 2.59. The second kappa shape index (κ2) is 4.36. The Morgan fingerprint density at radius 2 is 1.58 bits per heavy atom. The van der Waals surface area contributed by atoms with Gasteiger partial charge in [-0.05, 0) is 0 Å². The summed E-state index contributed by atoms with van der Waals surface area (Å²) in [5.41, 5.74) is 1.24. The van der Waals surface area contributed by atoms with Gasteiger partial charge in [-0.1, -0.05) is 56.3 Å². The molecule has 0 aliphatic rings. The maximum atomic E-state index is 5.64. The van der Waals surface area contributed by atoms with Crippen molar-refractivity contribution in [3.63, 3.8) is 0 Å². The largest absolute Gasteiger partial charge is 0.495 e. The van der Waals surface area contributed by atoms with E-state index < -0.39 is 0 Å². The minimum Gasteiger partial charge on any atom is -0.495 e. The third-order valence-electron chi connectivity index (χ3n) is 1.75. The van der Waals surface area contributed by atoms with Crippen molar-refractivity contribution in [2.75, 3.05) is 0 Å². The molecule has 0 spiro atoms. The standard InChI is InChI=1S/C9H14B2O/c1-10(2)12-11(3)9-7-5-4-6-8-9/h4-8H,1-3H3. The molecule has 3 heteroatoms. The number of rotatable bonds is 3. The number of hydrogen-bond acceptors (Lipinski definition) is 1. The predicted molar refractivity (Wildman–Crippen MR) is 56.3 cm³/mol. The summed E-state index contributed by atoms with van der Waals surface area (Å²) in [6.45, 7) is 6.68. The van der Waals surface area contributed by atoms with Crippen LogP contribution in [0.4, 0.5) is 0 Å². The lowest BCUT2D eigenvalue weighted by Crippen LogP contribution is -2.33. The fourth-order valence-electron chi connectivity index (χ4n) is 1.21. The van der Waals surface area contributed by atoms with Crippen LogP contribution in [0.3, 0.4) is 0 Å². The van der Waals surface area contributed by atoms with Gasteiger partial charge in [0.2, 0.25) is 0 Å². The van der Waals surface area contributed by atoms with Crippen LogP contribution in [0.2, 0.25) is 20.5 Å². The van der Waals surface area contributed by atoms with Crippen LogP contribution in [0.1, 0.15) is 0 Å². The van der Waals surface area contributed by atoms with Crippen LogP contribution in [-0.4, -0.2) is 13.8 Å². The van der Waals surface area contributed by atoms with Crippen LogP contribution < -0.4 is 5.46 Å². The van der Waals surface area contributed by atoms with Crippen molar-refractivity contribution in [1.82, 2.24) is 0 Å². The van der Waals surface area contributed by atoms with Crippen LogP contribution in [0.25, 0.3) is 0 Å². The third-order valence-corrected chi connectivity index (χ3v) is 1.75. The van der Waals surface area contributed by atoms with E-state index in [9.17, 15) is 0 Å². The fraction of sp³-hybridized carbons (Fsp3) is 0.333. The first-order chi connectivity index (χ1) is 5.70. The first-order valence-electron chi connectivity index (χ1n) is 4.40. The Hall–Kier alpha value is -0.690. The molecule has 0 saturated carbocycles. The Morgan fingerprint density at radius 1 is 1.00 bits per heavy atom. The third kappa shape index (κ3) is 2.74. The smallest absolute Gasteiger partial charge is 0.307 e. The van der Waals surface area contributed by atoms with Crippen molar-refractivity contribution < 1.29 is 4.57 Å². The molecule has 12 heavy (non-hydrogen) atoms. The van der Waals surface area contributed by atoms with Crippen molar-refractivity contribution in [2.45, 2.75) is 20.5 Å². The summed E-state index contributed by atoms with van der Waals surface area (Å²) in [5.74, 6) is 0. The second-order valence-corrected chi connectivity index (χ2v) is 3.24. The van der Waals surface area contributed by atoms with Gasteiger partial charge in [0.1, 0.15) is 0 Å². The highest BCUT2D eigenvalue weighted by atomic mass is 16.4. The zero-order valence-corrected chi connectivity index (χ0v) is 7.95. The van der Waals surface area contributed by atoms with E-state index in [1.54, 1.807) is 0 Å². The van der Waals surface area contributed by atoms with Crippen LogP contribution in [0, 0.1) is 0 Å². The first-order valence-corrected chi connectivity index (χ1v) is 4.40. The molecule has 0 atom stereocenters. The van der Waals surface area contributed by atoms with Crippen molar-refractivity contribution in [2.24, 2.45) is 0 Å². The molecule has 1 aromatic rings. The molecular weight excluding hydrogens is 146 g/mol. The van der Waals surface area contributed by atoms with Crippen LogP contribution in [-0.2, 0) is 4.57 Å². The maximum absolute atomic E-state index is 5.64. The molecule has 0 amide bonds. The summed E-state index contributed by atoms with van der Waals surface area (Å²) >= 11 is 0. The molecule has 0 bridgehead atoms.